The molecule has 0 unspecified atom stereocenters. The van der Waals surface area contributed by atoms with Gasteiger partial charge in [0.05, 0.1) is 12.0 Å². The molecule has 0 saturated heterocycles. The van der Waals surface area contributed by atoms with E-state index in [0.717, 1.165) is 6.42 Å². The summed E-state index contributed by atoms with van der Waals surface area (Å²) in [6, 6.07) is 5.27. The molecule has 0 atom stereocenters. The third-order valence-electron chi connectivity index (χ3n) is 4.30. The van der Waals surface area contributed by atoms with E-state index in [0.29, 0.717) is 43.2 Å². The normalized spacial score (nSPS) is 17.2. The summed E-state index contributed by atoms with van der Waals surface area (Å²) in [4.78, 5) is 23.1. The van der Waals surface area contributed by atoms with E-state index < -0.39 is 11.4 Å². The highest BCUT2D eigenvalue weighted by atomic mass is 16.7. The summed E-state index contributed by atoms with van der Waals surface area (Å²) in [5.41, 5.74) is -0.859. The van der Waals surface area contributed by atoms with Gasteiger partial charge in [-0.1, -0.05) is 6.42 Å². The molecular weight excluding hydrogens is 302 g/mol. The van der Waals surface area contributed by atoms with Gasteiger partial charge in [-0.25, -0.2) is 0 Å². The van der Waals surface area contributed by atoms with Gasteiger partial charge in [-0.05, 0) is 25.0 Å². The molecule has 1 amide bonds. The van der Waals surface area contributed by atoms with Crippen LogP contribution in [0.1, 0.15) is 25.7 Å². The highest BCUT2D eigenvalue weighted by Gasteiger charge is 2.45. The van der Waals surface area contributed by atoms with Gasteiger partial charge < -0.3 is 24.6 Å². The average Bonchev–Trinajstić information content (AvgIpc) is 2.94. The largest absolute Gasteiger partial charge is 0.492 e. The number of carboxylic acid groups (broad SMARTS) is 1. The number of carbonyl (C=O) groups excluding carboxylic acids is 1. The third kappa shape index (κ3) is 3.33. The fourth-order valence-electron chi connectivity index (χ4n) is 2.77. The van der Waals surface area contributed by atoms with Crippen LogP contribution >= 0.6 is 0 Å². The summed E-state index contributed by atoms with van der Waals surface area (Å²) in [7, 11) is 0. The molecule has 7 nitrogen and oxygen atoms in total. The van der Waals surface area contributed by atoms with E-state index in [1.165, 1.54) is 0 Å². The molecule has 0 radical (unpaired) electrons. The van der Waals surface area contributed by atoms with Crippen molar-refractivity contribution in [3.05, 3.63) is 18.2 Å². The minimum Gasteiger partial charge on any atom is -0.492 e. The fraction of sp³-hybridized carbons (Fsp3) is 0.500. The number of aliphatic carboxylic acids is 1. The van der Waals surface area contributed by atoms with Crippen LogP contribution in [0.15, 0.2) is 18.2 Å². The first-order chi connectivity index (χ1) is 11.1. The Labute approximate surface area is 133 Å². The van der Waals surface area contributed by atoms with Crippen molar-refractivity contribution < 1.29 is 28.9 Å². The molecule has 0 bridgehead atoms. The lowest BCUT2D eigenvalue weighted by Gasteiger charge is -2.36. The topological polar surface area (TPSA) is 94.1 Å². The summed E-state index contributed by atoms with van der Waals surface area (Å²) in [5, 5.41) is 11.9. The molecule has 124 valence electrons. The number of nitrogens with one attached hydrogen (secondary N) is 1. The second-order valence-corrected chi connectivity index (χ2v) is 5.83. The van der Waals surface area contributed by atoms with Crippen LogP contribution < -0.4 is 19.5 Å². The lowest BCUT2D eigenvalue weighted by Crippen LogP contribution is -2.43. The highest BCUT2D eigenvalue weighted by Crippen LogP contribution is 2.44. The van der Waals surface area contributed by atoms with Crippen LogP contribution in [-0.2, 0) is 9.59 Å². The van der Waals surface area contributed by atoms with Gasteiger partial charge in [0.1, 0.15) is 12.4 Å². The molecule has 0 aromatic heterocycles. The number of fused-ring (bicyclic) bond motifs is 1. The van der Waals surface area contributed by atoms with Gasteiger partial charge in [-0.3, -0.25) is 9.59 Å². The van der Waals surface area contributed by atoms with Gasteiger partial charge >= 0.3 is 5.97 Å². The van der Waals surface area contributed by atoms with Crippen molar-refractivity contribution >= 4 is 11.9 Å². The second-order valence-electron chi connectivity index (χ2n) is 5.83. The summed E-state index contributed by atoms with van der Waals surface area (Å²) < 4.78 is 16.0. The van der Waals surface area contributed by atoms with Crippen molar-refractivity contribution in [1.82, 2.24) is 5.32 Å². The summed E-state index contributed by atoms with van der Waals surface area (Å²) in [5.74, 6) is 0.825. The molecule has 2 N–H and O–H groups in total. The maximum absolute atomic E-state index is 11.9. The van der Waals surface area contributed by atoms with Crippen LogP contribution in [0.2, 0.25) is 0 Å². The third-order valence-corrected chi connectivity index (χ3v) is 4.30. The number of carboxylic acids is 1. The lowest BCUT2D eigenvalue weighted by molar-refractivity contribution is -0.157. The van der Waals surface area contributed by atoms with Gasteiger partial charge in [0.2, 0.25) is 12.7 Å². The van der Waals surface area contributed by atoms with Crippen LogP contribution in [0, 0.1) is 5.41 Å². The Hall–Kier alpha value is -2.44. The first-order valence-electron chi connectivity index (χ1n) is 7.62. The molecular formula is C16H19NO6. The van der Waals surface area contributed by atoms with Crippen molar-refractivity contribution in [2.75, 3.05) is 19.9 Å². The summed E-state index contributed by atoms with van der Waals surface area (Å²) in [6.45, 7) is 0.828. The van der Waals surface area contributed by atoms with E-state index >= 15 is 0 Å². The number of hydrogen-bond donors (Lipinski definition) is 2. The second kappa shape index (κ2) is 6.36. The van der Waals surface area contributed by atoms with Gasteiger partial charge in [-0.2, -0.15) is 0 Å². The SMILES string of the molecule is O=C(CC1(C(=O)O)CCC1)NCCOc1ccc2c(c1)OCO2. The van der Waals surface area contributed by atoms with Crippen LogP contribution in [0.3, 0.4) is 0 Å². The van der Waals surface area contributed by atoms with Crippen molar-refractivity contribution in [3.8, 4) is 17.2 Å². The fourth-order valence-corrected chi connectivity index (χ4v) is 2.77. The van der Waals surface area contributed by atoms with E-state index in [1.54, 1.807) is 18.2 Å². The van der Waals surface area contributed by atoms with Crippen molar-refractivity contribution in [1.29, 1.82) is 0 Å². The minimum absolute atomic E-state index is 0.0341. The van der Waals surface area contributed by atoms with Gasteiger partial charge in [-0.15, -0.1) is 0 Å². The Kier molecular flexibility index (Phi) is 4.27. The summed E-state index contributed by atoms with van der Waals surface area (Å²) in [6.07, 6.45) is 2.05. The molecule has 1 fully saturated rings. The van der Waals surface area contributed by atoms with Gasteiger partial charge in [0, 0.05) is 12.5 Å². The molecule has 23 heavy (non-hydrogen) atoms. The van der Waals surface area contributed by atoms with E-state index in [2.05, 4.69) is 5.32 Å². The first-order valence-corrected chi connectivity index (χ1v) is 7.62. The first kappa shape index (κ1) is 15.5. The van der Waals surface area contributed by atoms with Crippen LogP contribution in [-0.4, -0.2) is 36.9 Å². The van der Waals surface area contributed by atoms with Crippen molar-refractivity contribution in [2.24, 2.45) is 5.41 Å². The van der Waals surface area contributed by atoms with Crippen molar-refractivity contribution in [2.45, 2.75) is 25.7 Å². The zero-order chi connectivity index (χ0) is 16.3. The van der Waals surface area contributed by atoms with Gasteiger partial charge in [0.15, 0.2) is 11.5 Å². The molecule has 1 aliphatic heterocycles. The Balaban J connectivity index is 1.40. The number of carbonyl (C=O) groups is 2. The molecule has 3 rings (SSSR count). The quantitative estimate of drug-likeness (QED) is 0.740. The number of ether oxygens (including phenoxy) is 3. The molecule has 1 aromatic rings. The average molecular weight is 321 g/mol. The van der Waals surface area contributed by atoms with Gasteiger partial charge in [0.25, 0.3) is 0 Å². The number of rotatable bonds is 7. The Morgan fingerprint density at radius 3 is 2.74 bits per heavy atom. The lowest BCUT2D eigenvalue weighted by atomic mass is 9.66. The van der Waals surface area contributed by atoms with Crippen LogP contribution in [0.4, 0.5) is 0 Å². The van der Waals surface area contributed by atoms with Crippen LogP contribution in [0.25, 0.3) is 0 Å². The van der Waals surface area contributed by atoms with E-state index in [9.17, 15) is 14.7 Å². The van der Waals surface area contributed by atoms with E-state index in [1.807, 2.05) is 0 Å². The zero-order valence-electron chi connectivity index (χ0n) is 12.7. The number of benzene rings is 1. The van der Waals surface area contributed by atoms with Crippen molar-refractivity contribution in [3.63, 3.8) is 0 Å². The Morgan fingerprint density at radius 1 is 1.26 bits per heavy atom. The predicted octanol–water partition coefficient (Wildman–Crippen LogP) is 1.56. The standard InChI is InChI=1S/C16H19NO6/c18-14(9-16(15(19)20)4-1-5-16)17-6-7-21-11-2-3-12-13(8-11)23-10-22-12/h2-3,8H,1,4-7,9-10H2,(H,17,18)(H,19,20). The number of hydrogen-bond acceptors (Lipinski definition) is 5. The van der Waals surface area contributed by atoms with E-state index in [4.69, 9.17) is 14.2 Å². The molecule has 1 saturated carbocycles. The predicted molar refractivity (Wildman–Crippen MR) is 79.6 cm³/mol. The maximum Gasteiger partial charge on any atom is 0.310 e. The monoisotopic (exact) mass is 321 g/mol. The maximum atomic E-state index is 11.9. The minimum atomic E-state index is -0.879. The molecule has 0 spiro atoms. The molecule has 7 heteroatoms. The zero-order valence-corrected chi connectivity index (χ0v) is 12.7. The highest BCUT2D eigenvalue weighted by molar-refractivity contribution is 5.85. The van der Waals surface area contributed by atoms with E-state index in [-0.39, 0.29) is 19.1 Å². The molecule has 1 aliphatic carbocycles. The molecule has 1 heterocycles. The smallest absolute Gasteiger partial charge is 0.310 e. The Bertz CT molecular complexity index is 611. The Morgan fingerprint density at radius 2 is 2.04 bits per heavy atom. The molecule has 2 aliphatic rings. The summed E-state index contributed by atoms with van der Waals surface area (Å²) >= 11 is 0. The number of amides is 1. The molecule has 1 aromatic carbocycles. The van der Waals surface area contributed by atoms with Crippen LogP contribution in [0.5, 0.6) is 17.2 Å².